The molecule has 0 aliphatic carbocycles. The molecule has 1 atom stereocenters. The first-order valence-electron chi connectivity index (χ1n) is 6.32. The standard InChI is InChI=1S/C16H20N2/c1-12-7-6-10-15(16(12)17)18-13(2)11-14-8-4-3-5-9-14/h3-10,13,18H,11,17H2,1-2H3. The van der Waals surface area contributed by atoms with E-state index in [0.717, 1.165) is 23.4 Å². The molecular weight excluding hydrogens is 220 g/mol. The lowest BCUT2D eigenvalue weighted by atomic mass is 10.1. The van der Waals surface area contributed by atoms with Crippen LogP contribution in [0.25, 0.3) is 0 Å². The van der Waals surface area contributed by atoms with Gasteiger partial charge in [-0.1, -0.05) is 42.5 Å². The van der Waals surface area contributed by atoms with Crippen LogP contribution < -0.4 is 11.1 Å². The number of hydrogen-bond acceptors (Lipinski definition) is 2. The number of aryl methyl sites for hydroxylation is 1. The molecule has 1 unspecified atom stereocenters. The smallest absolute Gasteiger partial charge is 0.0579 e. The average Bonchev–Trinajstić information content (AvgIpc) is 2.36. The van der Waals surface area contributed by atoms with Gasteiger partial charge in [-0.25, -0.2) is 0 Å². The first-order chi connectivity index (χ1) is 8.66. The van der Waals surface area contributed by atoms with E-state index in [0.29, 0.717) is 6.04 Å². The van der Waals surface area contributed by atoms with Crippen LogP contribution in [0.5, 0.6) is 0 Å². The van der Waals surface area contributed by atoms with Crippen LogP contribution in [0.15, 0.2) is 48.5 Å². The Morgan fingerprint density at radius 3 is 2.50 bits per heavy atom. The predicted molar refractivity (Wildman–Crippen MR) is 78.8 cm³/mol. The molecule has 0 fully saturated rings. The van der Waals surface area contributed by atoms with Gasteiger partial charge in [0.15, 0.2) is 0 Å². The Balaban J connectivity index is 2.03. The number of nitrogens with one attached hydrogen (secondary N) is 1. The first kappa shape index (κ1) is 12.5. The van der Waals surface area contributed by atoms with Gasteiger partial charge in [-0.15, -0.1) is 0 Å². The quantitative estimate of drug-likeness (QED) is 0.801. The summed E-state index contributed by atoms with van der Waals surface area (Å²) >= 11 is 0. The minimum Gasteiger partial charge on any atom is -0.397 e. The van der Waals surface area contributed by atoms with Crippen LogP contribution in [-0.4, -0.2) is 6.04 Å². The van der Waals surface area contributed by atoms with Crippen molar-refractivity contribution in [3.63, 3.8) is 0 Å². The topological polar surface area (TPSA) is 38.0 Å². The lowest BCUT2D eigenvalue weighted by Gasteiger charge is -2.17. The van der Waals surface area contributed by atoms with E-state index >= 15 is 0 Å². The summed E-state index contributed by atoms with van der Waals surface area (Å²) in [5, 5.41) is 3.47. The van der Waals surface area contributed by atoms with Crippen molar-refractivity contribution in [2.45, 2.75) is 26.3 Å². The number of nitrogens with two attached hydrogens (primary N) is 1. The van der Waals surface area contributed by atoms with Crippen molar-refractivity contribution in [1.29, 1.82) is 0 Å². The zero-order valence-corrected chi connectivity index (χ0v) is 11.0. The predicted octanol–water partition coefficient (Wildman–Crippen LogP) is 3.62. The number of hydrogen-bond donors (Lipinski definition) is 2. The van der Waals surface area contributed by atoms with Crippen molar-refractivity contribution in [3.8, 4) is 0 Å². The fourth-order valence-electron chi connectivity index (χ4n) is 2.09. The van der Waals surface area contributed by atoms with Gasteiger partial charge in [-0.2, -0.15) is 0 Å². The highest BCUT2D eigenvalue weighted by Crippen LogP contribution is 2.23. The number of benzene rings is 2. The van der Waals surface area contributed by atoms with E-state index in [9.17, 15) is 0 Å². The molecule has 2 aromatic carbocycles. The molecule has 2 nitrogen and oxygen atoms in total. The molecule has 3 N–H and O–H groups in total. The van der Waals surface area contributed by atoms with Gasteiger partial charge >= 0.3 is 0 Å². The van der Waals surface area contributed by atoms with Gasteiger partial charge in [0.05, 0.1) is 11.4 Å². The second-order valence-corrected chi connectivity index (χ2v) is 4.77. The van der Waals surface area contributed by atoms with Crippen LogP contribution in [0.4, 0.5) is 11.4 Å². The second-order valence-electron chi connectivity index (χ2n) is 4.77. The molecule has 0 heterocycles. The van der Waals surface area contributed by atoms with E-state index in [4.69, 9.17) is 5.73 Å². The molecule has 2 heteroatoms. The van der Waals surface area contributed by atoms with Gasteiger partial charge in [0, 0.05) is 6.04 Å². The van der Waals surface area contributed by atoms with E-state index in [1.165, 1.54) is 5.56 Å². The largest absolute Gasteiger partial charge is 0.397 e. The summed E-state index contributed by atoms with van der Waals surface area (Å²) in [6, 6.07) is 16.9. The average molecular weight is 240 g/mol. The lowest BCUT2D eigenvalue weighted by Crippen LogP contribution is -2.19. The van der Waals surface area contributed by atoms with E-state index < -0.39 is 0 Å². The molecule has 0 aromatic heterocycles. The minimum atomic E-state index is 0.358. The molecule has 0 bridgehead atoms. The second kappa shape index (κ2) is 5.58. The summed E-state index contributed by atoms with van der Waals surface area (Å²) < 4.78 is 0. The van der Waals surface area contributed by atoms with Crippen molar-refractivity contribution in [1.82, 2.24) is 0 Å². The molecule has 2 rings (SSSR count). The molecule has 0 saturated heterocycles. The fourth-order valence-corrected chi connectivity index (χ4v) is 2.09. The van der Waals surface area contributed by atoms with E-state index in [2.05, 4.69) is 36.5 Å². The Morgan fingerprint density at radius 1 is 1.06 bits per heavy atom. The highest BCUT2D eigenvalue weighted by Gasteiger charge is 2.06. The highest BCUT2D eigenvalue weighted by molar-refractivity contribution is 5.69. The normalized spacial score (nSPS) is 12.1. The molecule has 0 saturated carbocycles. The molecular formula is C16H20N2. The van der Waals surface area contributed by atoms with Crippen molar-refractivity contribution in [2.75, 3.05) is 11.1 Å². The number of nitrogen functional groups attached to an aromatic ring is 1. The number of anilines is 2. The molecule has 0 aliphatic heterocycles. The van der Waals surface area contributed by atoms with Crippen LogP contribution in [0.1, 0.15) is 18.1 Å². The number of rotatable bonds is 4. The first-order valence-corrected chi connectivity index (χ1v) is 6.32. The van der Waals surface area contributed by atoms with Gasteiger partial charge < -0.3 is 11.1 Å². The van der Waals surface area contributed by atoms with Crippen LogP contribution in [-0.2, 0) is 6.42 Å². The fraction of sp³-hybridized carbons (Fsp3) is 0.250. The minimum absolute atomic E-state index is 0.358. The Morgan fingerprint density at radius 2 is 1.78 bits per heavy atom. The van der Waals surface area contributed by atoms with Crippen LogP contribution in [0.2, 0.25) is 0 Å². The third kappa shape index (κ3) is 3.04. The SMILES string of the molecule is Cc1cccc(NC(C)Cc2ccccc2)c1N. The monoisotopic (exact) mass is 240 g/mol. The van der Waals surface area contributed by atoms with Crippen molar-refractivity contribution < 1.29 is 0 Å². The van der Waals surface area contributed by atoms with Gasteiger partial charge in [0.25, 0.3) is 0 Å². The zero-order chi connectivity index (χ0) is 13.0. The molecule has 0 amide bonds. The van der Waals surface area contributed by atoms with Crippen LogP contribution in [0, 0.1) is 6.92 Å². The zero-order valence-electron chi connectivity index (χ0n) is 11.0. The lowest BCUT2D eigenvalue weighted by molar-refractivity contribution is 0.791. The van der Waals surface area contributed by atoms with E-state index in [1.807, 2.05) is 31.2 Å². The van der Waals surface area contributed by atoms with Crippen molar-refractivity contribution >= 4 is 11.4 Å². The molecule has 94 valence electrons. The Bertz CT molecular complexity index is 506. The summed E-state index contributed by atoms with van der Waals surface area (Å²) in [5.41, 5.74) is 10.4. The van der Waals surface area contributed by atoms with Crippen LogP contribution in [0.3, 0.4) is 0 Å². The number of para-hydroxylation sites is 1. The van der Waals surface area contributed by atoms with Gasteiger partial charge in [0.1, 0.15) is 0 Å². The summed E-state index contributed by atoms with van der Waals surface area (Å²) in [5.74, 6) is 0. The summed E-state index contributed by atoms with van der Waals surface area (Å²) in [6.07, 6.45) is 0.994. The maximum absolute atomic E-state index is 6.06. The van der Waals surface area contributed by atoms with E-state index in [-0.39, 0.29) is 0 Å². The maximum atomic E-state index is 6.06. The molecule has 2 aromatic rings. The summed E-state index contributed by atoms with van der Waals surface area (Å²) in [6.45, 7) is 4.21. The molecule has 18 heavy (non-hydrogen) atoms. The van der Waals surface area contributed by atoms with Crippen LogP contribution >= 0.6 is 0 Å². The highest BCUT2D eigenvalue weighted by atomic mass is 14.9. The molecule has 0 radical (unpaired) electrons. The maximum Gasteiger partial charge on any atom is 0.0579 e. The van der Waals surface area contributed by atoms with Gasteiger partial charge in [-0.3, -0.25) is 0 Å². The Kier molecular flexibility index (Phi) is 3.88. The molecule has 0 spiro atoms. The molecule has 0 aliphatic rings. The van der Waals surface area contributed by atoms with Gasteiger partial charge in [-0.05, 0) is 37.5 Å². The van der Waals surface area contributed by atoms with Crippen molar-refractivity contribution in [3.05, 3.63) is 59.7 Å². The Labute approximate surface area is 109 Å². The van der Waals surface area contributed by atoms with Gasteiger partial charge in [0.2, 0.25) is 0 Å². The third-order valence-corrected chi connectivity index (χ3v) is 3.11. The van der Waals surface area contributed by atoms with Crippen molar-refractivity contribution in [2.24, 2.45) is 0 Å². The summed E-state index contributed by atoms with van der Waals surface area (Å²) in [4.78, 5) is 0. The third-order valence-electron chi connectivity index (χ3n) is 3.11. The Hall–Kier alpha value is -1.96. The van der Waals surface area contributed by atoms with E-state index in [1.54, 1.807) is 0 Å². The summed E-state index contributed by atoms with van der Waals surface area (Å²) in [7, 11) is 0.